The van der Waals surface area contributed by atoms with Crippen LogP contribution in [0.5, 0.6) is 0 Å². The van der Waals surface area contributed by atoms with E-state index in [9.17, 15) is 9.90 Å². The van der Waals surface area contributed by atoms with Crippen LogP contribution in [-0.4, -0.2) is 33.6 Å². The van der Waals surface area contributed by atoms with Gasteiger partial charge in [-0.1, -0.05) is 37.6 Å². The summed E-state index contributed by atoms with van der Waals surface area (Å²) in [5.74, 6) is 0.592. The van der Waals surface area contributed by atoms with E-state index in [1.807, 2.05) is 18.2 Å². The lowest BCUT2D eigenvalue weighted by molar-refractivity contribution is 0.250. The van der Waals surface area contributed by atoms with E-state index in [0.717, 1.165) is 36.9 Å². The Balaban J connectivity index is 1.77. The lowest BCUT2D eigenvalue weighted by Crippen LogP contribution is -2.31. The fourth-order valence-corrected chi connectivity index (χ4v) is 2.62. The number of rotatable bonds is 7. The highest BCUT2D eigenvalue weighted by molar-refractivity contribution is 5.89. The van der Waals surface area contributed by atoms with Gasteiger partial charge in [-0.05, 0) is 24.8 Å². The minimum atomic E-state index is -0.221. The molecule has 0 bridgehead atoms. The van der Waals surface area contributed by atoms with Gasteiger partial charge in [0.15, 0.2) is 0 Å². The molecule has 128 valence electrons. The second-order valence-corrected chi connectivity index (χ2v) is 6.18. The number of amides is 2. The number of aliphatic hydroxyl groups excluding tert-OH is 1. The fourth-order valence-electron chi connectivity index (χ4n) is 2.62. The average Bonchev–Trinajstić information content (AvgIpc) is 3.29. The zero-order valence-electron chi connectivity index (χ0n) is 14.0. The third-order valence-electron chi connectivity index (χ3n) is 4.03. The van der Waals surface area contributed by atoms with E-state index in [0.29, 0.717) is 18.4 Å². The lowest BCUT2D eigenvalue weighted by atomic mass is 10.1. The summed E-state index contributed by atoms with van der Waals surface area (Å²) in [5.41, 5.74) is 3.09. The van der Waals surface area contributed by atoms with E-state index in [2.05, 4.69) is 34.8 Å². The first-order valence-corrected chi connectivity index (χ1v) is 8.55. The van der Waals surface area contributed by atoms with Crippen LogP contribution in [0.25, 0.3) is 11.3 Å². The molecule has 1 heterocycles. The first kappa shape index (κ1) is 16.5. The largest absolute Gasteiger partial charge is 0.394 e. The molecule has 0 saturated heterocycles. The molecule has 6 nitrogen and oxygen atoms in total. The lowest BCUT2D eigenvalue weighted by Gasteiger charge is -2.08. The predicted octanol–water partition coefficient (Wildman–Crippen LogP) is 2.78. The molecule has 1 aromatic heterocycles. The Morgan fingerprint density at radius 1 is 1.33 bits per heavy atom. The number of aliphatic hydroxyl groups is 1. The van der Waals surface area contributed by atoms with E-state index < -0.39 is 0 Å². The molecule has 0 spiro atoms. The molecule has 2 amide bonds. The van der Waals surface area contributed by atoms with Crippen LogP contribution in [0.1, 0.15) is 31.7 Å². The van der Waals surface area contributed by atoms with Crippen molar-refractivity contribution >= 4 is 11.8 Å². The van der Waals surface area contributed by atoms with Gasteiger partial charge in [0.05, 0.1) is 18.8 Å². The summed E-state index contributed by atoms with van der Waals surface area (Å²) >= 11 is 0. The topological polar surface area (TPSA) is 79.2 Å². The van der Waals surface area contributed by atoms with Crippen molar-refractivity contribution in [3.05, 3.63) is 35.9 Å². The van der Waals surface area contributed by atoms with Gasteiger partial charge < -0.3 is 10.4 Å². The minimum absolute atomic E-state index is 0.0323. The SMILES string of the molecule is CCCc1ccc(-c2cc(NC(=O)NC3CC3)n(CCO)n2)cc1. The van der Waals surface area contributed by atoms with Crippen LogP contribution in [0, 0.1) is 0 Å². The molecule has 1 aromatic carbocycles. The second-order valence-electron chi connectivity index (χ2n) is 6.18. The highest BCUT2D eigenvalue weighted by Gasteiger charge is 2.23. The Morgan fingerprint density at radius 2 is 2.08 bits per heavy atom. The predicted molar refractivity (Wildman–Crippen MR) is 93.9 cm³/mol. The molecular weight excluding hydrogens is 304 g/mol. The highest BCUT2D eigenvalue weighted by atomic mass is 16.3. The number of aryl methyl sites for hydroxylation is 1. The van der Waals surface area contributed by atoms with Crippen molar-refractivity contribution in [1.29, 1.82) is 0 Å². The molecular formula is C18H24N4O2. The van der Waals surface area contributed by atoms with Crippen LogP contribution in [0.3, 0.4) is 0 Å². The standard InChI is InChI=1S/C18H24N4O2/c1-2-3-13-4-6-14(7-5-13)16-12-17(22(21-16)10-11-23)20-18(24)19-15-8-9-15/h4-7,12,15,23H,2-3,8-11H2,1H3,(H2,19,20,24). The zero-order chi connectivity index (χ0) is 16.9. The van der Waals surface area contributed by atoms with E-state index >= 15 is 0 Å². The van der Waals surface area contributed by atoms with Crippen molar-refractivity contribution in [3.8, 4) is 11.3 Å². The van der Waals surface area contributed by atoms with Gasteiger partial charge in [0.2, 0.25) is 0 Å². The fraction of sp³-hybridized carbons (Fsp3) is 0.444. The van der Waals surface area contributed by atoms with Crippen LogP contribution in [0.15, 0.2) is 30.3 Å². The van der Waals surface area contributed by atoms with E-state index in [4.69, 9.17) is 0 Å². The monoisotopic (exact) mass is 328 g/mol. The minimum Gasteiger partial charge on any atom is -0.394 e. The summed E-state index contributed by atoms with van der Waals surface area (Å²) in [5, 5.41) is 19.4. The number of nitrogens with zero attached hydrogens (tertiary/aromatic N) is 2. The zero-order valence-corrected chi connectivity index (χ0v) is 14.0. The smallest absolute Gasteiger partial charge is 0.320 e. The van der Waals surface area contributed by atoms with Crippen LogP contribution in [0.2, 0.25) is 0 Å². The van der Waals surface area contributed by atoms with Gasteiger partial charge in [-0.3, -0.25) is 5.32 Å². The van der Waals surface area contributed by atoms with Crippen LogP contribution in [0.4, 0.5) is 10.6 Å². The third kappa shape index (κ3) is 4.14. The van der Waals surface area contributed by atoms with E-state index in [1.54, 1.807) is 4.68 Å². The Labute approximate surface area is 141 Å². The van der Waals surface area contributed by atoms with Gasteiger partial charge in [-0.25, -0.2) is 9.48 Å². The number of hydrogen-bond donors (Lipinski definition) is 3. The van der Waals surface area contributed by atoms with Crippen LogP contribution in [-0.2, 0) is 13.0 Å². The van der Waals surface area contributed by atoms with Crippen molar-refractivity contribution in [2.75, 3.05) is 11.9 Å². The molecule has 3 rings (SSSR count). The summed E-state index contributed by atoms with van der Waals surface area (Å²) in [6.07, 6.45) is 4.26. The maximum atomic E-state index is 12.0. The average molecular weight is 328 g/mol. The van der Waals surface area contributed by atoms with Gasteiger partial charge in [0.25, 0.3) is 0 Å². The maximum Gasteiger partial charge on any atom is 0.320 e. The molecule has 3 N–H and O–H groups in total. The van der Waals surface area contributed by atoms with Crippen LogP contribution < -0.4 is 10.6 Å². The van der Waals surface area contributed by atoms with Gasteiger partial charge >= 0.3 is 6.03 Å². The number of benzene rings is 1. The molecule has 2 aromatic rings. The van der Waals surface area contributed by atoms with E-state index in [-0.39, 0.29) is 12.6 Å². The summed E-state index contributed by atoms with van der Waals surface area (Å²) in [6.45, 7) is 2.47. The third-order valence-corrected chi connectivity index (χ3v) is 4.03. The number of carbonyl (C=O) groups excluding carboxylic acids is 1. The number of anilines is 1. The molecule has 0 atom stereocenters. The number of urea groups is 1. The van der Waals surface area contributed by atoms with Crippen molar-refractivity contribution < 1.29 is 9.90 Å². The summed E-state index contributed by atoms with van der Waals surface area (Å²) in [6, 6.07) is 10.2. The Bertz CT molecular complexity index is 690. The number of aromatic nitrogens is 2. The van der Waals surface area contributed by atoms with Gasteiger partial charge in [0.1, 0.15) is 5.82 Å². The number of hydrogen-bond acceptors (Lipinski definition) is 3. The Hall–Kier alpha value is -2.34. The number of nitrogens with one attached hydrogen (secondary N) is 2. The summed E-state index contributed by atoms with van der Waals surface area (Å²) in [7, 11) is 0. The molecule has 0 radical (unpaired) electrons. The van der Waals surface area contributed by atoms with Gasteiger partial charge in [-0.2, -0.15) is 5.10 Å². The normalized spacial score (nSPS) is 13.8. The molecule has 1 aliphatic rings. The maximum absolute atomic E-state index is 12.0. The summed E-state index contributed by atoms with van der Waals surface area (Å²) in [4.78, 5) is 12.0. The highest BCUT2D eigenvalue weighted by Crippen LogP contribution is 2.23. The number of carbonyl (C=O) groups is 1. The van der Waals surface area contributed by atoms with E-state index in [1.165, 1.54) is 5.56 Å². The Kier molecular flexibility index (Phi) is 5.15. The molecule has 1 aliphatic carbocycles. The molecule has 1 saturated carbocycles. The van der Waals surface area contributed by atoms with Crippen LogP contribution >= 0.6 is 0 Å². The second kappa shape index (κ2) is 7.49. The first-order chi connectivity index (χ1) is 11.7. The van der Waals surface area contributed by atoms with Gasteiger partial charge in [0, 0.05) is 17.7 Å². The van der Waals surface area contributed by atoms with Gasteiger partial charge in [-0.15, -0.1) is 0 Å². The first-order valence-electron chi connectivity index (χ1n) is 8.55. The van der Waals surface area contributed by atoms with Crippen molar-refractivity contribution in [3.63, 3.8) is 0 Å². The molecule has 1 fully saturated rings. The molecule has 6 heteroatoms. The quantitative estimate of drug-likeness (QED) is 0.731. The molecule has 24 heavy (non-hydrogen) atoms. The van der Waals surface area contributed by atoms with Crippen molar-refractivity contribution in [1.82, 2.24) is 15.1 Å². The summed E-state index contributed by atoms with van der Waals surface area (Å²) < 4.78 is 1.63. The molecule has 0 aliphatic heterocycles. The van der Waals surface area contributed by atoms with Crippen molar-refractivity contribution in [2.45, 2.75) is 45.2 Å². The molecule has 0 unspecified atom stereocenters. The Morgan fingerprint density at radius 3 is 2.71 bits per heavy atom. The van der Waals surface area contributed by atoms with Crippen molar-refractivity contribution in [2.24, 2.45) is 0 Å².